The highest BCUT2D eigenvalue weighted by Gasteiger charge is 2.19. The van der Waals surface area contributed by atoms with Crippen LogP contribution in [0.5, 0.6) is 5.75 Å². The van der Waals surface area contributed by atoms with Crippen LogP contribution in [0.2, 0.25) is 0 Å². The summed E-state index contributed by atoms with van der Waals surface area (Å²) in [6.07, 6.45) is 1.48. The molecule has 8 heteroatoms. The summed E-state index contributed by atoms with van der Waals surface area (Å²) in [7, 11) is -3.55. The number of nitrogens with one attached hydrogen (secondary N) is 1. The minimum absolute atomic E-state index is 0.0212. The van der Waals surface area contributed by atoms with Gasteiger partial charge in [0, 0.05) is 0 Å². The van der Waals surface area contributed by atoms with Gasteiger partial charge in [0.1, 0.15) is 17.3 Å². The highest BCUT2D eigenvalue weighted by atomic mass is 32.2. The molecule has 0 saturated carbocycles. The first-order valence-electron chi connectivity index (χ1n) is 8.91. The van der Waals surface area contributed by atoms with Crippen LogP contribution in [0.3, 0.4) is 0 Å². The Hall–Kier alpha value is -3.39. The molecule has 29 heavy (non-hydrogen) atoms. The van der Waals surface area contributed by atoms with E-state index in [0.29, 0.717) is 6.61 Å². The molecule has 0 aliphatic rings. The molecule has 3 rings (SSSR count). The molecular weight excluding hydrogens is 392 g/mol. The zero-order chi connectivity index (χ0) is 20.7. The number of sulfone groups is 1. The van der Waals surface area contributed by atoms with Crippen molar-refractivity contribution in [2.45, 2.75) is 17.6 Å². The molecule has 1 heterocycles. The maximum absolute atomic E-state index is 12.4. The fourth-order valence-corrected chi connectivity index (χ4v) is 3.78. The molecule has 2 aromatic carbocycles. The first kappa shape index (κ1) is 20.3. The van der Waals surface area contributed by atoms with Crippen LogP contribution < -0.4 is 10.2 Å². The number of nitrogens with zero attached hydrogens (tertiary/aromatic N) is 1. The molecule has 150 valence electrons. The van der Waals surface area contributed by atoms with Crippen LogP contribution in [-0.2, 0) is 15.6 Å². The molecule has 3 aromatic rings. The highest BCUT2D eigenvalue weighted by Crippen LogP contribution is 2.18. The summed E-state index contributed by atoms with van der Waals surface area (Å²) in [5.41, 5.74) is 3.13. The second-order valence-corrected chi connectivity index (χ2v) is 8.03. The van der Waals surface area contributed by atoms with E-state index >= 15 is 0 Å². The van der Waals surface area contributed by atoms with E-state index in [1.54, 1.807) is 42.5 Å². The summed E-state index contributed by atoms with van der Waals surface area (Å²) in [6, 6.07) is 18.2. The van der Waals surface area contributed by atoms with Crippen molar-refractivity contribution in [3.63, 3.8) is 0 Å². The maximum atomic E-state index is 12.4. The molecule has 0 bridgehead atoms. The molecule has 0 spiro atoms. The lowest BCUT2D eigenvalue weighted by molar-refractivity contribution is 0.0926. The molecule has 0 unspecified atom stereocenters. The average molecular weight is 412 g/mol. The Kier molecular flexibility index (Phi) is 6.46. The number of hydrazone groups is 1. The third-order valence-corrected chi connectivity index (χ3v) is 5.55. The second-order valence-electron chi connectivity index (χ2n) is 6.04. The van der Waals surface area contributed by atoms with Gasteiger partial charge in [0.15, 0.2) is 15.6 Å². The van der Waals surface area contributed by atoms with E-state index in [0.717, 1.165) is 11.3 Å². The molecule has 1 aromatic heterocycles. The maximum Gasteiger partial charge on any atom is 0.307 e. The fourth-order valence-electron chi connectivity index (χ4n) is 2.51. The summed E-state index contributed by atoms with van der Waals surface area (Å²) >= 11 is 0. The third kappa shape index (κ3) is 5.55. The topological polar surface area (TPSA) is 98.0 Å². The average Bonchev–Trinajstić information content (AvgIpc) is 3.18. The summed E-state index contributed by atoms with van der Waals surface area (Å²) < 4.78 is 35.5. The van der Waals surface area contributed by atoms with Gasteiger partial charge in [-0.15, -0.1) is 0 Å². The van der Waals surface area contributed by atoms with Crippen molar-refractivity contribution in [1.82, 2.24) is 5.43 Å². The van der Waals surface area contributed by atoms with E-state index in [1.807, 2.05) is 6.92 Å². The predicted octanol–water partition coefficient (Wildman–Crippen LogP) is 3.42. The van der Waals surface area contributed by atoms with Gasteiger partial charge in [0.25, 0.3) is 0 Å². The standard InChI is InChI=1S/C21H20N2O5S/c1-2-27-17-10-8-16(9-11-17)14-22-23-21(24)20-13-12-18(28-20)15-29(25,26)19-6-4-3-5-7-19/h3-14H,2,15H2,1H3,(H,23,24)/b22-14-. The van der Waals surface area contributed by atoms with Crippen LogP contribution >= 0.6 is 0 Å². The van der Waals surface area contributed by atoms with Crippen LogP contribution in [0.15, 0.2) is 81.1 Å². The SMILES string of the molecule is CCOc1ccc(/C=N\NC(=O)c2ccc(CS(=O)(=O)c3ccccc3)o2)cc1. The van der Waals surface area contributed by atoms with Crippen molar-refractivity contribution >= 4 is 22.0 Å². The largest absolute Gasteiger partial charge is 0.494 e. The van der Waals surface area contributed by atoms with Gasteiger partial charge in [-0.25, -0.2) is 13.8 Å². The van der Waals surface area contributed by atoms with Crippen molar-refractivity contribution in [2.24, 2.45) is 5.10 Å². The lowest BCUT2D eigenvalue weighted by Crippen LogP contribution is -2.16. The van der Waals surface area contributed by atoms with Crippen molar-refractivity contribution in [2.75, 3.05) is 6.61 Å². The van der Waals surface area contributed by atoms with Gasteiger partial charge < -0.3 is 9.15 Å². The van der Waals surface area contributed by atoms with E-state index in [4.69, 9.17) is 9.15 Å². The Morgan fingerprint density at radius 1 is 1.07 bits per heavy atom. The zero-order valence-corrected chi connectivity index (χ0v) is 16.6. The second kappa shape index (κ2) is 9.20. The number of benzene rings is 2. The van der Waals surface area contributed by atoms with Crippen molar-refractivity contribution in [3.05, 3.63) is 83.8 Å². The molecule has 0 atom stereocenters. The van der Waals surface area contributed by atoms with Crippen LogP contribution in [-0.4, -0.2) is 27.1 Å². The molecule has 7 nitrogen and oxygen atoms in total. The van der Waals surface area contributed by atoms with Gasteiger partial charge in [-0.1, -0.05) is 18.2 Å². The number of hydrogen-bond donors (Lipinski definition) is 1. The minimum atomic E-state index is -3.55. The van der Waals surface area contributed by atoms with E-state index < -0.39 is 15.7 Å². The van der Waals surface area contributed by atoms with Gasteiger partial charge in [-0.3, -0.25) is 4.79 Å². The molecule has 0 fully saturated rings. The van der Waals surface area contributed by atoms with Crippen LogP contribution in [0.25, 0.3) is 0 Å². The molecule has 1 amide bonds. The Bertz CT molecular complexity index is 1090. The number of amides is 1. The Balaban J connectivity index is 1.59. The van der Waals surface area contributed by atoms with E-state index in [2.05, 4.69) is 10.5 Å². The van der Waals surface area contributed by atoms with Crippen LogP contribution in [0.1, 0.15) is 28.8 Å². The molecular formula is C21H20N2O5S. The van der Waals surface area contributed by atoms with Crippen molar-refractivity contribution in [1.29, 1.82) is 0 Å². The fraction of sp³-hybridized carbons (Fsp3) is 0.143. The van der Waals surface area contributed by atoms with Gasteiger partial charge in [0.2, 0.25) is 0 Å². The van der Waals surface area contributed by atoms with Gasteiger partial charge in [-0.2, -0.15) is 5.10 Å². The van der Waals surface area contributed by atoms with Crippen molar-refractivity contribution < 1.29 is 22.4 Å². The summed E-state index contributed by atoms with van der Waals surface area (Å²) in [4.78, 5) is 12.3. The normalized spacial score (nSPS) is 11.5. The highest BCUT2D eigenvalue weighted by molar-refractivity contribution is 7.90. The summed E-state index contributed by atoms with van der Waals surface area (Å²) in [5.74, 6) is -0.000811. The number of rotatable bonds is 8. The number of carbonyl (C=O) groups excluding carboxylic acids is 1. The Morgan fingerprint density at radius 3 is 2.48 bits per heavy atom. The molecule has 0 radical (unpaired) electrons. The first-order chi connectivity index (χ1) is 14.0. The molecule has 1 N–H and O–H groups in total. The van der Waals surface area contributed by atoms with Crippen molar-refractivity contribution in [3.8, 4) is 5.75 Å². The number of furan rings is 1. The van der Waals surface area contributed by atoms with E-state index in [9.17, 15) is 13.2 Å². The quantitative estimate of drug-likeness (QED) is 0.452. The predicted molar refractivity (Wildman–Crippen MR) is 109 cm³/mol. The first-order valence-corrected chi connectivity index (χ1v) is 10.6. The lowest BCUT2D eigenvalue weighted by Gasteiger charge is -2.02. The number of hydrogen-bond acceptors (Lipinski definition) is 6. The van der Waals surface area contributed by atoms with Gasteiger partial charge >= 0.3 is 5.91 Å². The van der Waals surface area contributed by atoms with Gasteiger partial charge in [0.05, 0.1) is 17.7 Å². The minimum Gasteiger partial charge on any atom is -0.494 e. The number of carbonyl (C=O) groups is 1. The summed E-state index contributed by atoms with van der Waals surface area (Å²) in [6.45, 7) is 2.49. The number of ether oxygens (including phenoxy) is 1. The van der Waals surface area contributed by atoms with Gasteiger partial charge in [-0.05, 0) is 61.0 Å². The monoisotopic (exact) mass is 412 g/mol. The zero-order valence-electron chi connectivity index (χ0n) is 15.7. The molecule has 0 aliphatic carbocycles. The smallest absolute Gasteiger partial charge is 0.307 e. The lowest BCUT2D eigenvalue weighted by atomic mass is 10.2. The third-order valence-electron chi connectivity index (χ3n) is 3.89. The van der Waals surface area contributed by atoms with Crippen LogP contribution in [0, 0.1) is 0 Å². The molecule has 0 saturated heterocycles. The Morgan fingerprint density at radius 2 is 1.79 bits per heavy atom. The van der Waals surface area contributed by atoms with Crippen LogP contribution in [0.4, 0.5) is 0 Å². The van der Waals surface area contributed by atoms with E-state index in [-0.39, 0.29) is 22.2 Å². The Labute approximate surface area is 168 Å². The van der Waals surface area contributed by atoms with E-state index in [1.165, 1.54) is 30.5 Å². The summed E-state index contributed by atoms with van der Waals surface area (Å²) in [5, 5.41) is 3.88. The molecule has 0 aliphatic heterocycles.